The van der Waals surface area contributed by atoms with Gasteiger partial charge in [-0.15, -0.1) is 0 Å². The SMILES string of the molecule is CCCCCNC(=O)C1CC(=O)N(Cc2ccc(Cl)cc2)C1. The molecule has 1 fully saturated rings. The first-order chi connectivity index (χ1) is 10.6. The van der Waals surface area contributed by atoms with Crippen molar-refractivity contribution in [2.75, 3.05) is 13.1 Å². The van der Waals surface area contributed by atoms with E-state index in [0.717, 1.165) is 24.8 Å². The summed E-state index contributed by atoms with van der Waals surface area (Å²) in [5.74, 6) is -0.173. The highest BCUT2D eigenvalue weighted by Crippen LogP contribution is 2.21. The molecule has 1 aromatic carbocycles. The Morgan fingerprint density at radius 2 is 2.05 bits per heavy atom. The zero-order valence-electron chi connectivity index (χ0n) is 13.0. The lowest BCUT2D eigenvalue weighted by Crippen LogP contribution is -2.33. The molecule has 1 aromatic rings. The van der Waals surface area contributed by atoms with E-state index >= 15 is 0 Å². The fraction of sp³-hybridized carbons (Fsp3) is 0.529. The van der Waals surface area contributed by atoms with E-state index in [0.29, 0.717) is 31.1 Å². The minimum atomic E-state index is -0.221. The normalized spacial score (nSPS) is 17.8. The summed E-state index contributed by atoms with van der Waals surface area (Å²) in [7, 11) is 0. The summed E-state index contributed by atoms with van der Waals surface area (Å²) in [6, 6.07) is 7.45. The highest BCUT2D eigenvalue weighted by Gasteiger charge is 2.33. The zero-order valence-corrected chi connectivity index (χ0v) is 13.7. The van der Waals surface area contributed by atoms with Crippen molar-refractivity contribution in [3.05, 3.63) is 34.9 Å². The Balaban J connectivity index is 1.82. The molecule has 1 N–H and O–H groups in total. The largest absolute Gasteiger partial charge is 0.356 e. The Morgan fingerprint density at radius 1 is 1.32 bits per heavy atom. The molecule has 22 heavy (non-hydrogen) atoms. The summed E-state index contributed by atoms with van der Waals surface area (Å²) in [5.41, 5.74) is 1.03. The third-order valence-corrected chi connectivity index (χ3v) is 4.20. The van der Waals surface area contributed by atoms with Crippen molar-refractivity contribution in [1.29, 1.82) is 0 Å². The lowest BCUT2D eigenvalue weighted by Gasteiger charge is -2.16. The molecule has 0 aliphatic carbocycles. The second-order valence-electron chi connectivity index (χ2n) is 5.80. The second-order valence-corrected chi connectivity index (χ2v) is 6.24. The van der Waals surface area contributed by atoms with Gasteiger partial charge in [0.1, 0.15) is 0 Å². The van der Waals surface area contributed by atoms with E-state index < -0.39 is 0 Å². The minimum Gasteiger partial charge on any atom is -0.356 e. The quantitative estimate of drug-likeness (QED) is 0.785. The first kappa shape index (κ1) is 16.8. The van der Waals surface area contributed by atoms with Crippen LogP contribution < -0.4 is 5.32 Å². The van der Waals surface area contributed by atoms with E-state index in [2.05, 4.69) is 12.2 Å². The summed E-state index contributed by atoms with van der Waals surface area (Å²) in [6.07, 6.45) is 3.56. The highest BCUT2D eigenvalue weighted by molar-refractivity contribution is 6.30. The topological polar surface area (TPSA) is 49.4 Å². The van der Waals surface area contributed by atoms with Crippen LogP contribution in [0, 0.1) is 5.92 Å². The van der Waals surface area contributed by atoms with E-state index in [4.69, 9.17) is 11.6 Å². The molecule has 4 nitrogen and oxygen atoms in total. The second kappa shape index (κ2) is 8.18. The fourth-order valence-corrected chi connectivity index (χ4v) is 2.77. The summed E-state index contributed by atoms with van der Waals surface area (Å²) >= 11 is 5.86. The Bertz CT molecular complexity index is 516. The Morgan fingerprint density at radius 3 is 2.73 bits per heavy atom. The van der Waals surface area contributed by atoms with Gasteiger partial charge in [-0.1, -0.05) is 43.5 Å². The average molecular weight is 323 g/mol. The van der Waals surface area contributed by atoms with Gasteiger partial charge in [-0.05, 0) is 24.1 Å². The Labute approximate surface area is 136 Å². The number of hydrogen-bond donors (Lipinski definition) is 1. The number of carbonyl (C=O) groups is 2. The van der Waals surface area contributed by atoms with Crippen LogP contribution in [0.25, 0.3) is 0 Å². The molecule has 1 saturated heterocycles. The molecule has 0 spiro atoms. The van der Waals surface area contributed by atoms with Gasteiger partial charge in [-0.2, -0.15) is 0 Å². The number of rotatable bonds is 7. The van der Waals surface area contributed by atoms with Crippen LogP contribution in [0.2, 0.25) is 5.02 Å². The monoisotopic (exact) mass is 322 g/mol. The van der Waals surface area contributed by atoms with Gasteiger partial charge in [0, 0.05) is 31.1 Å². The van der Waals surface area contributed by atoms with Crippen LogP contribution in [0.4, 0.5) is 0 Å². The van der Waals surface area contributed by atoms with Gasteiger partial charge < -0.3 is 10.2 Å². The van der Waals surface area contributed by atoms with E-state index in [1.165, 1.54) is 0 Å². The molecule has 1 unspecified atom stereocenters. The lowest BCUT2D eigenvalue weighted by molar-refractivity contribution is -0.129. The van der Waals surface area contributed by atoms with Crippen molar-refractivity contribution in [1.82, 2.24) is 10.2 Å². The Hall–Kier alpha value is -1.55. The summed E-state index contributed by atoms with van der Waals surface area (Å²) in [6.45, 7) is 3.87. The average Bonchev–Trinajstić information content (AvgIpc) is 2.87. The number of halogens is 1. The van der Waals surface area contributed by atoms with Gasteiger partial charge in [0.2, 0.25) is 11.8 Å². The molecule has 1 aliphatic heterocycles. The van der Waals surface area contributed by atoms with E-state index in [1.54, 1.807) is 4.90 Å². The van der Waals surface area contributed by atoms with Crippen LogP contribution >= 0.6 is 11.6 Å². The standard InChI is InChI=1S/C17H23ClN2O2/c1-2-3-4-9-19-17(22)14-10-16(21)20(12-14)11-13-5-7-15(18)8-6-13/h5-8,14H,2-4,9-12H2,1H3,(H,19,22). The van der Waals surface area contributed by atoms with Gasteiger partial charge in [0.05, 0.1) is 5.92 Å². The maximum atomic E-state index is 12.1. The number of unbranched alkanes of at least 4 members (excludes halogenated alkanes) is 2. The molecule has 0 bridgehead atoms. The molecule has 2 rings (SSSR count). The number of likely N-dealkylation sites (tertiary alicyclic amines) is 1. The van der Waals surface area contributed by atoms with Gasteiger partial charge >= 0.3 is 0 Å². The van der Waals surface area contributed by atoms with Crippen molar-refractivity contribution in [2.45, 2.75) is 39.2 Å². The number of nitrogens with one attached hydrogen (secondary N) is 1. The van der Waals surface area contributed by atoms with Crippen LogP contribution in [0.5, 0.6) is 0 Å². The predicted octanol–water partition coefficient (Wildman–Crippen LogP) is 2.99. The van der Waals surface area contributed by atoms with Crippen LogP contribution in [-0.2, 0) is 16.1 Å². The van der Waals surface area contributed by atoms with Crippen LogP contribution in [0.1, 0.15) is 38.2 Å². The fourth-order valence-electron chi connectivity index (χ4n) is 2.64. The minimum absolute atomic E-state index is 0.00283. The summed E-state index contributed by atoms with van der Waals surface area (Å²) < 4.78 is 0. The van der Waals surface area contributed by atoms with Crippen molar-refractivity contribution in [3.8, 4) is 0 Å². The molecule has 1 aliphatic rings. The van der Waals surface area contributed by atoms with E-state index in [1.807, 2.05) is 24.3 Å². The number of carbonyl (C=O) groups excluding carboxylic acids is 2. The zero-order chi connectivity index (χ0) is 15.9. The third kappa shape index (κ3) is 4.73. The molecule has 5 heteroatoms. The van der Waals surface area contributed by atoms with Crippen LogP contribution in [0.15, 0.2) is 24.3 Å². The van der Waals surface area contributed by atoms with E-state index in [9.17, 15) is 9.59 Å². The lowest BCUT2D eigenvalue weighted by atomic mass is 10.1. The van der Waals surface area contributed by atoms with Gasteiger partial charge in [-0.25, -0.2) is 0 Å². The van der Waals surface area contributed by atoms with Crippen molar-refractivity contribution >= 4 is 23.4 Å². The first-order valence-electron chi connectivity index (χ1n) is 7.90. The maximum absolute atomic E-state index is 12.1. The smallest absolute Gasteiger partial charge is 0.225 e. The molecule has 2 amide bonds. The summed E-state index contributed by atoms with van der Waals surface area (Å²) in [4.78, 5) is 25.9. The molecule has 0 saturated carbocycles. The van der Waals surface area contributed by atoms with Crippen molar-refractivity contribution in [3.63, 3.8) is 0 Å². The highest BCUT2D eigenvalue weighted by atomic mass is 35.5. The number of benzene rings is 1. The number of hydrogen-bond acceptors (Lipinski definition) is 2. The first-order valence-corrected chi connectivity index (χ1v) is 8.28. The molecule has 0 aromatic heterocycles. The van der Waals surface area contributed by atoms with Crippen molar-refractivity contribution in [2.24, 2.45) is 5.92 Å². The third-order valence-electron chi connectivity index (χ3n) is 3.95. The van der Waals surface area contributed by atoms with Gasteiger partial charge in [0.15, 0.2) is 0 Å². The van der Waals surface area contributed by atoms with E-state index in [-0.39, 0.29) is 17.7 Å². The van der Waals surface area contributed by atoms with Gasteiger partial charge in [-0.3, -0.25) is 9.59 Å². The molecule has 0 radical (unpaired) electrons. The maximum Gasteiger partial charge on any atom is 0.225 e. The molecular weight excluding hydrogens is 300 g/mol. The molecule has 1 heterocycles. The van der Waals surface area contributed by atoms with Crippen LogP contribution in [0.3, 0.4) is 0 Å². The molecule has 120 valence electrons. The van der Waals surface area contributed by atoms with Crippen molar-refractivity contribution < 1.29 is 9.59 Å². The number of amides is 2. The summed E-state index contributed by atoms with van der Waals surface area (Å²) in [5, 5.41) is 3.62. The molecular formula is C17H23ClN2O2. The Kier molecular flexibility index (Phi) is 6.25. The van der Waals surface area contributed by atoms with Crippen LogP contribution in [-0.4, -0.2) is 29.8 Å². The van der Waals surface area contributed by atoms with Gasteiger partial charge in [0.25, 0.3) is 0 Å². The molecule has 1 atom stereocenters. The predicted molar refractivity (Wildman–Crippen MR) is 87.5 cm³/mol. The number of nitrogens with zero attached hydrogens (tertiary/aromatic N) is 1.